The molecule has 1 fully saturated rings. The van der Waals surface area contributed by atoms with Crippen LogP contribution in [0.4, 0.5) is 5.82 Å². The van der Waals surface area contributed by atoms with Gasteiger partial charge in [-0.15, -0.1) is 0 Å². The number of hydrogen-bond acceptors (Lipinski definition) is 5. The number of hydrogen-bond donors (Lipinski definition) is 0. The number of halogens is 1. The van der Waals surface area contributed by atoms with Crippen LogP contribution in [0.2, 0.25) is 5.28 Å². The first-order valence-electron chi connectivity index (χ1n) is 6.61. The fourth-order valence-corrected chi connectivity index (χ4v) is 2.88. The molecule has 0 saturated carbocycles. The predicted molar refractivity (Wildman–Crippen MR) is 81.7 cm³/mol. The molecule has 1 unspecified atom stereocenters. The number of rotatable bonds is 3. The first-order chi connectivity index (χ1) is 9.36. The van der Waals surface area contributed by atoms with E-state index in [2.05, 4.69) is 14.9 Å². The predicted octanol–water partition coefficient (Wildman–Crippen LogP) is 2.01. The maximum atomic E-state index is 12.2. The van der Waals surface area contributed by atoms with Crippen molar-refractivity contribution in [2.75, 3.05) is 31.2 Å². The molecule has 1 atom stereocenters. The number of anilines is 1. The first-order valence-corrected chi connectivity index (χ1v) is 8.30. The fourth-order valence-electron chi connectivity index (χ4n) is 1.83. The Morgan fingerprint density at radius 2 is 2.00 bits per heavy atom. The van der Waals surface area contributed by atoms with Crippen molar-refractivity contribution < 1.29 is 8.95 Å². The van der Waals surface area contributed by atoms with Crippen LogP contribution in [0.1, 0.15) is 26.5 Å². The molecule has 5 nitrogen and oxygen atoms in total. The van der Waals surface area contributed by atoms with Crippen molar-refractivity contribution in [1.29, 1.82) is 0 Å². The first kappa shape index (κ1) is 15.7. The van der Waals surface area contributed by atoms with Gasteiger partial charge in [-0.25, -0.2) is 9.97 Å². The number of aromatic nitrogens is 2. The second-order valence-electron chi connectivity index (χ2n) is 5.69. The second-order valence-corrected chi connectivity index (χ2v) is 8.23. The Balaban J connectivity index is 2.18. The molecule has 0 bridgehead atoms. The Labute approximate surface area is 127 Å². The quantitative estimate of drug-likeness (QED) is 0.798. The van der Waals surface area contributed by atoms with E-state index in [1.807, 2.05) is 26.8 Å². The van der Waals surface area contributed by atoms with Crippen LogP contribution in [0.5, 0.6) is 0 Å². The molecule has 2 heterocycles. The summed E-state index contributed by atoms with van der Waals surface area (Å²) in [7, 11) is -1.00. The SMILES string of the molecule is CC(C)(C)S(=O)Cc1cc(N2CCOCC2)nc(Cl)n1. The van der Waals surface area contributed by atoms with E-state index in [0.717, 1.165) is 24.6 Å². The minimum absolute atomic E-state index is 0.204. The Morgan fingerprint density at radius 1 is 1.35 bits per heavy atom. The van der Waals surface area contributed by atoms with E-state index in [1.54, 1.807) is 0 Å². The van der Waals surface area contributed by atoms with Gasteiger partial charge in [-0.1, -0.05) is 0 Å². The zero-order chi connectivity index (χ0) is 14.8. The zero-order valence-electron chi connectivity index (χ0n) is 12.1. The lowest BCUT2D eigenvalue weighted by Crippen LogP contribution is -2.37. The molecule has 1 aromatic heterocycles. The highest BCUT2D eigenvalue weighted by molar-refractivity contribution is 7.85. The molecule has 0 radical (unpaired) electrons. The maximum Gasteiger partial charge on any atom is 0.224 e. The van der Waals surface area contributed by atoms with Crippen molar-refractivity contribution >= 4 is 28.2 Å². The molecule has 1 aliphatic heterocycles. The molecule has 0 aromatic carbocycles. The van der Waals surface area contributed by atoms with Crippen LogP contribution in [0.3, 0.4) is 0 Å². The van der Waals surface area contributed by atoms with Gasteiger partial charge in [0.15, 0.2) is 0 Å². The van der Waals surface area contributed by atoms with E-state index in [-0.39, 0.29) is 10.0 Å². The van der Waals surface area contributed by atoms with Gasteiger partial charge in [0.2, 0.25) is 5.28 Å². The second kappa shape index (κ2) is 6.37. The lowest BCUT2D eigenvalue weighted by molar-refractivity contribution is 0.122. The highest BCUT2D eigenvalue weighted by atomic mass is 35.5. The highest BCUT2D eigenvalue weighted by Crippen LogP contribution is 2.20. The molecule has 1 aliphatic rings. The van der Waals surface area contributed by atoms with E-state index in [0.29, 0.717) is 19.0 Å². The molecule has 1 aromatic rings. The lowest BCUT2D eigenvalue weighted by atomic mass is 10.3. The molecule has 0 N–H and O–H groups in total. The van der Waals surface area contributed by atoms with Crippen molar-refractivity contribution in [2.24, 2.45) is 0 Å². The third-order valence-corrected chi connectivity index (χ3v) is 5.13. The molecule has 0 amide bonds. The number of nitrogens with zero attached hydrogens (tertiary/aromatic N) is 3. The molecule has 0 spiro atoms. The fraction of sp³-hybridized carbons (Fsp3) is 0.692. The van der Waals surface area contributed by atoms with Crippen molar-refractivity contribution in [3.63, 3.8) is 0 Å². The topological polar surface area (TPSA) is 55.3 Å². The molecular weight excluding hydrogens is 298 g/mol. The van der Waals surface area contributed by atoms with Gasteiger partial charge in [0, 0.05) is 34.7 Å². The minimum atomic E-state index is -1.00. The number of morpholine rings is 1. The van der Waals surface area contributed by atoms with E-state index < -0.39 is 10.8 Å². The third kappa shape index (κ3) is 4.14. The zero-order valence-corrected chi connectivity index (χ0v) is 13.6. The van der Waals surface area contributed by atoms with E-state index in [4.69, 9.17) is 16.3 Å². The monoisotopic (exact) mass is 317 g/mol. The highest BCUT2D eigenvalue weighted by Gasteiger charge is 2.21. The van der Waals surface area contributed by atoms with Crippen LogP contribution in [-0.2, 0) is 21.3 Å². The summed E-state index contributed by atoms with van der Waals surface area (Å²) in [5, 5.41) is 0.204. The van der Waals surface area contributed by atoms with Gasteiger partial charge in [-0.2, -0.15) is 0 Å². The largest absolute Gasteiger partial charge is 0.378 e. The Bertz CT molecular complexity index is 499. The Morgan fingerprint density at radius 3 is 2.60 bits per heavy atom. The van der Waals surface area contributed by atoms with Gasteiger partial charge >= 0.3 is 0 Å². The van der Waals surface area contributed by atoms with Crippen LogP contribution >= 0.6 is 11.6 Å². The third-order valence-electron chi connectivity index (χ3n) is 3.04. The van der Waals surface area contributed by atoms with Gasteiger partial charge in [0.05, 0.1) is 24.7 Å². The van der Waals surface area contributed by atoms with E-state index in [9.17, 15) is 4.21 Å². The van der Waals surface area contributed by atoms with Gasteiger partial charge in [0.25, 0.3) is 0 Å². The van der Waals surface area contributed by atoms with Crippen LogP contribution in [0.25, 0.3) is 0 Å². The minimum Gasteiger partial charge on any atom is -0.378 e. The van der Waals surface area contributed by atoms with Gasteiger partial charge in [-0.3, -0.25) is 4.21 Å². The molecule has 7 heteroatoms. The van der Waals surface area contributed by atoms with Gasteiger partial charge in [-0.05, 0) is 32.4 Å². The average Bonchev–Trinajstić information content (AvgIpc) is 2.38. The number of ether oxygens (including phenoxy) is 1. The summed E-state index contributed by atoms with van der Waals surface area (Å²) in [6, 6.07) is 1.88. The molecule has 0 aliphatic carbocycles. The molecule has 20 heavy (non-hydrogen) atoms. The summed E-state index contributed by atoms with van der Waals surface area (Å²) in [6.45, 7) is 8.80. The van der Waals surface area contributed by atoms with Crippen LogP contribution in [0.15, 0.2) is 6.07 Å². The van der Waals surface area contributed by atoms with Gasteiger partial charge < -0.3 is 9.64 Å². The van der Waals surface area contributed by atoms with E-state index in [1.165, 1.54) is 0 Å². The van der Waals surface area contributed by atoms with Gasteiger partial charge in [0.1, 0.15) is 5.82 Å². The Hall–Kier alpha value is -0.720. The summed E-state index contributed by atoms with van der Waals surface area (Å²) < 4.78 is 17.3. The summed E-state index contributed by atoms with van der Waals surface area (Å²) in [5.74, 6) is 1.18. The van der Waals surface area contributed by atoms with Crippen LogP contribution in [-0.4, -0.2) is 45.2 Å². The average molecular weight is 318 g/mol. The molecule has 112 valence electrons. The standard InChI is InChI=1S/C13H20ClN3O2S/c1-13(2,3)20(18)9-10-8-11(16-12(14)15-10)17-4-6-19-7-5-17/h8H,4-7,9H2,1-3H3. The lowest BCUT2D eigenvalue weighted by Gasteiger charge is -2.28. The maximum absolute atomic E-state index is 12.2. The van der Waals surface area contributed by atoms with Crippen LogP contribution < -0.4 is 4.90 Å². The molecular formula is C13H20ClN3O2S. The van der Waals surface area contributed by atoms with Crippen molar-refractivity contribution in [2.45, 2.75) is 31.3 Å². The Kier molecular flexibility index (Phi) is 4.99. The summed E-state index contributed by atoms with van der Waals surface area (Å²) in [5.41, 5.74) is 0.722. The van der Waals surface area contributed by atoms with Crippen molar-refractivity contribution in [3.05, 3.63) is 17.0 Å². The summed E-state index contributed by atoms with van der Waals surface area (Å²) in [6.07, 6.45) is 0. The normalized spacial score (nSPS) is 18.1. The summed E-state index contributed by atoms with van der Waals surface area (Å²) in [4.78, 5) is 10.5. The summed E-state index contributed by atoms with van der Waals surface area (Å²) >= 11 is 5.99. The van der Waals surface area contributed by atoms with Crippen molar-refractivity contribution in [1.82, 2.24) is 9.97 Å². The molecule has 2 rings (SSSR count). The molecule has 1 saturated heterocycles. The smallest absolute Gasteiger partial charge is 0.224 e. The van der Waals surface area contributed by atoms with Crippen molar-refractivity contribution in [3.8, 4) is 0 Å². The van der Waals surface area contributed by atoms with Crippen LogP contribution in [0, 0.1) is 0 Å². The van der Waals surface area contributed by atoms with E-state index >= 15 is 0 Å².